The summed E-state index contributed by atoms with van der Waals surface area (Å²) in [6.45, 7) is 2.00. The van der Waals surface area contributed by atoms with E-state index in [1.807, 2.05) is 6.92 Å². The highest BCUT2D eigenvalue weighted by atomic mass is 32.2. The van der Waals surface area contributed by atoms with E-state index in [1.54, 1.807) is 36.7 Å². The molecule has 0 aliphatic heterocycles. The van der Waals surface area contributed by atoms with Gasteiger partial charge in [0.25, 0.3) is 5.89 Å². The first-order chi connectivity index (χ1) is 14.5. The molecule has 0 amide bonds. The van der Waals surface area contributed by atoms with E-state index in [0.29, 0.717) is 23.7 Å². The van der Waals surface area contributed by atoms with Gasteiger partial charge in [0.2, 0.25) is 15.8 Å². The normalized spacial score (nSPS) is 11.2. The predicted octanol–water partition coefficient (Wildman–Crippen LogP) is 1.94. The lowest BCUT2D eigenvalue weighted by Crippen LogP contribution is -2.26. The molecule has 0 saturated carbocycles. The average Bonchev–Trinajstić information content (AvgIpc) is 3.23. The van der Waals surface area contributed by atoms with Gasteiger partial charge in [0, 0.05) is 24.5 Å². The van der Waals surface area contributed by atoms with Crippen molar-refractivity contribution in [3.8, 4) is 17.1 Å². The van der Waals surface area contributed by atoms with E-state index in [-0.39, 0.29) is 30.4 Å². The molecule has 0 fully saturated rings. The van der Waals surface area contributed by atoms with Crippen molar-refractivity contribution in [2.45, 2.75) is 24.8 Å². The smallest absolute Gasteiger partial charge is 0.307 e. The van der Waals surface area contributed by atoms with E-state index in [9.17, 15) is 13.2 Å². The maximum absolute atomic E-state index is 12.3. The first-order valence-electron chi connectivity index (χ1n) is 9.09. The van der Waals surface area contributed by atoms with Crippen molar-refractivity contribution in [2.24, 2.45) is 0 Å². The van der Waals surface area contributed by atoms with E-state index < -0.39 is 16.0 Å². The first-order valence-corrected chi connectivity index (χ1v) is 10.6. The van der Waals surface area contributed by atoms with Crippen LogP contribution in [0.3, 0.4) is 0 Å². The summed E-state index contributed by atoms with van der Waals surface area (Å²) in [6.07, 6.45) is 3.05. The fourth-order valence-corrected chi connectivity index (χ4v) is 3.42. The number of sulfonamides is 1. The molecule has 2 aromatic heterocycles. The Labute approximate surface area is 173 Å². The number of hydrogen-bond donors (Lipinski definition) is 1. The number of nitrogens with zero attached hydrogens (tertiary/aromatic N) is 3. The van der Waals surface area contributed by atoms with E-state index in [1.165, 1.54) is 12.1 Å². The Kier molecular flexibility index (Phi) is 7.09. The van der Waals surface area contributed by atoms with E-state index in [2.05, 4.69) is 19.8 Å². The van der Waals surface area contributed by atoms with Crippen molar-refractivity contribution >= 4 is 16.0 Å². The monoisotopic (exact) mass is 432 g/mol. The molecule has 0 radical (unpaired) electrons. The van der Waals surface area contributed by atoms with Crippen LogP contribution >= 0.6 is 0 Å². The Hall–Kier alpha value is -3.31. The number of pyridine rings is 1. The predicted molar refractivity (Wildman–Crippen MR) is 105 cm³/mol. The lowest BCUT2D eigenvalue weighted by atomic mass is 10.3. The summed E-state index contributed by atoms with van der Waals surface area (Å²) in [5, 5.41) is 3.79. The Morgan fingerprint density at radius 2 is 2.00 bits per heavy atom. The van der Waals surface area contributed by atoms with E-state index in [0.717, 1.165) is 0 Å². The van der Waals surface area contributed by atoms with E-state index in [4.69, 9.17) is 14.0 Å². The average molecular weight is 432 g/mol. The second kappa shape index (κ2) is 9.94. The molecule has 2 heterocycles. The molecule has 1 N–H and O–H groups in total. The number of carbonyl (C=O) groups is 1. The first kappa shape index (κ1) is 21.4. The molecule has 0 aliphatic rings. The molecule has 3 rings (SSSR count). The van der Waals surface area contributed by atoms with Crippen LogP contribution < -0.4 is 9.46 Å². The molecule has 10 nitrogen and oxygen atoms in total. The van der Waals surface area contributed by atoms with Crippen molar-refractivity contribution in [3.05, 3.63) is 54.7 Å². The molecule has 0 spiro atoms. The molecule has 0 saturated heterocycles. The van der Waals surface area contributed by atoms with Gasteiger partial charge in [-0.15, -0.1) is 0 Å². The minimum absolute atomic E-state index is 0.0770. The van der Waals surface area contributed by atoms with Gasteiger partial charge in [-0.2, -0.15) is 4.98 Å². The van der Waals surface area contributed by atoms with Gasteiger partial charge < -0.3 is 14.0 Å². The minimum Gasteiger partial charge on any atom is -0.494 e. The van der Waals surface area contributed by atoms with Crippen LogP contribution in [0.4, 0.5) is 0 Å². The number of rotatable bonds is 10. The van der Waals surface area contributed by atoms with Gasteiger partial charge in [-0.25, -0.2) is 13.1 Å². The fourth-order valence-electron chi connectivity index (χ4n) is 2.39. The van der Waals surface area contributed by atoms with Gasteiger partial charge in [0.1, 0.15) is 5.75 Å². The highest BCUT2D eigenvalue weighted by Crippen LogP contribution is 2.16. The molecule has 1 aromatic carbocycles. The second-order valence-electron chi connectivity index (χ2n) is 5.97. The van der Waals surface area contributed by atoms with Crippen LogP contribution in [-0.4, -0.2) is 42.7 Å². The number of esters is 1. The van der Waals surface area contributed by atoms with Crippen LogP contribution in [0.15, 0.2) is 58.2 Å². The largest absolute Gasteiger partial charge is 0.494 e. The lowest BCUT2D eigenvalue weighted by Gasteiger charge is -2.08. The van der Waals surface area contributed by atoms with Crippen LogP contribution in [0.5, 0.6) is 5.75 Å². The molecule has 11 heteroatoms. The third kappa shape index (κ3) is 5.84. The highest BCUT2D eigenvalue weighted by Gasteiger charge is 2.15. The quantitative estimate of drug-likeness (QED) is 0.477. The van der Waals surface area contributed by atoms with Crippen molar-refractivity contribution < 1.29 is 27.2 Å². The second-order valence-corrected chi connectivity index (χ2v) is 7.73. The maximum atomic E-state index is 12.3. The third-order valence-electron chi connectivity index (χ3n) is 3.81. The van der Waals surface area contributed by atoms with Gasteiger partial charge in [-0.1, -0.05) is 5.16 Å². The number of nitrogens with one attached hydrogen (secondary N) is 1. The molecule has 0 atom stereocenters. The van der Waals surface area contributed by atoms with Crippen LogP contribution in [0.1, 0.15) is 19.2 Å². The topological polar surface area (TPSA) is 134 Å². The van der Waals surface area contributed by atoms with E-state index >= 15 is 0 Å². The summed E-state index contributed by atoms with van der Waals surface area (Å²) in [5.74, 6) is 0.424. The van der Waals surface area contributed by atoms with Crippen LogP contribution in [0, 0.1) is 0 Å². The van der Waals surface area contributed by atoms with Crippen LogP contribution in [0.2, 0.25) is 0 Å². The van der Waals surface area contributed by atoms with Gasteiger partial charge in [0.15, 0.2) is 6.61 Å². The molecule has 0 bridgehead atoms. The zero-order valence-electron chi connectivity index (χ0n) is 16.1. The molecule has 0 unspecified atom stereocenters. The lowest BCUT2D eigenvalue weighted by molar-refractivity contribution is -0.145. The summed E-state index contributed by atoms with van der Waals surface area (Å²) in [6, 6.07) is 9.50. The van der Waals surface area contributed by atoms with Crippen LogP contribution in [0.25, 0.3) is 11.4 Å². The molecule has 0 aliphatic carbocycles. The van der Waals surface area contributed by atoms with Gasteiger partial charge in [-0.3, -0.25) is 9.78 Å². The van der Waals surface area contributed by atoms with Gasteiger partial charge >= 0.3 is 5.97 Å². The summed E-state index contributed by atoms with van der Waals surface area (Å²) in [7, 11) is -3.74. The van der Waals surface area contributed by atoms with Crippen molar-refractivity contribution in [1.82, 2.24) is 19.8 Å². The molecular weight excluding hydrogens is 412 g/mol. The SMILES string of the molecule is CCOc1ccc(S(=O)(=O)NCCC(=O)OCc2nc(-c3cccnc3)no2)cc1. The Bertz CT molecular complexity index is 1070. The van der Waals surface area contributed by atoms with Crippen LogP contribution in [-0.2, 0) is 26.2 Å². The van der Waals surface area contributed by atoms with Gasteiger partial charge in [-0.05, 0) is 43.3 Å². The Morgan fingerprint density at radius 3 is 2.70 bits per heavy atom. The summed E-state index contributed by atoms with van der Waals surface area (Å²) in [4.78, 5) is 20.0. The molecular formula is C19H20N4O6S. The Morgan fingerprint density at radius 1 is 1.20 bits per heavy atom. The minimum atomic E-state index is -3.74. The molecule has 30 heavy (non-hydrogen) atoms. The standard InChI is InChI=1S/C19H20N4O6S/c1-2-27-15-5-7-16(8-6-15)30(25,26)21-11-9-18(24)28-13-17-22-19(23-29-17)14-4-3-10-20-12-14/h3-8,10,12,21H,2,9,11,13H2,1H3. The number of hydrogen-bond acceptors (Lipinski definition) is 9. The van der Waals surface area contributed by atoms with Crippen molar-refractivity contribution in [1.29, 1.82) is 0 Å². The highest BCUT2D eigenvalue weighted by molar-refractivity contribution is 7.89. The number of ether oxygens (including phenoxy) is 2. The summed E-state index contributed by atoms with van der Waals surface area (Å²) in [5.41, 5.74) is 0.669. The van der Waals surface area contributed by atoms with Crippen molar-refractivity contribution in [2.75, 3.05) is 13.2 Å². The number of carbonyl (C=O) groups excluding carboxylic acids is 1. The Balaban J connectivity index is 1.44. The molecule has 3 aromatic rings. The summed E-state index contributed by atoms with van der Waals surface area (Å²) < 4.78 is 42.2. The molecule has 158 valence electrons. The maximum Gasteiger partial charge on any atom is 0.307 e. The number of benzene rings is 1. The summed E-state index contributed by atoms with van der Waals surface area (Å²) >= 11 is 0. The zero-order chi connectivity index (χ0) is 21.4. The fraction of sp³-hybridized carbons (Fsp3) is 0.263. The van der Waals surface area contributed by atoms with Gasteiger partial charge in [0.05, 0.1) is 17.9 Å². The number of aromatic nitrogens is 3. The third-order valence-corrected chi connectivity index (χ3v) is 5.29. The van der Waals surface area contributed by atoms with Crippen molar-refractivity contribution in [3.63, 3.8) is 0 Å². The zero-order valence-corrected chi connectivity index (χ0v) is 17.0.